The van der Waals surface area contributed by atoms with Crippen molar-refractivity contribution < 1.29 is 9.53 Å². The van der Waals surface area contributed by atoms with Crippen molar-refractivity contribution in [2.24, 2.45) is 17.8 Å². The highest BCUT2D eigenvalue weighted by Crippen LogP contribution is 2.48. The van der Waals surface area contributed by atoms with Gasteiger partial charge in [0.2, 0.25) is 0 Å². The maximum Gasteiger partial charge on any atom is 0.168 e. The molecule has 31 heavy (non-hydrogen) atoms. The van der Waals surface area contributed by atoms with Gasteiger partial charge in [-0.1, -0.05) is 87.6 Å². The molecule has 4 heteroatoms. The number of nitrogens with zero attached hydrogens (tertiary/aromatic N) is 1. The SMILES string of the molecule is [CH2]CCCCCCCCC(C#N)CCCCC(=O)[C]1OC2CCC1CC2C(Br)CCC. The van der Waals surface area contributed by atoms with E-state index in [-0.39, 0.29) is 17.8 Å². The van der Waals surface area contributed by atoms with Gasteiger partial charge in [0.1, 0.15) is 0 Å². The second kappa shape index (κ2) is 15.4. The molecule has 0 amide bonds. The summed E-state index contributed by atoms with van der Waals surface area (Å²) in [5.41, 5.74) is 0. The number of carbonyl (C=O) groups is 1. The van der Waals surface area contributed by atoms with Crippen molar-refractivity contribution in [3.05, 3.63) is 13.0 Å². The monoisotopic (exact) mass is 493 g/mol. The number of nitriles is 1. The minimum atomic E-state index is 0.153. The van der Waals surface area contributed by atoms with Crippen molar-refractivity contribution in [1.29, 1.82) is 5.26 Å². The molecule has 5 atom stereocenters. The van der Waals surface area contributed by atoms with E-state index in [4.69, 9.17) is 4.74 Å². The molecule has 3 rings (SSSR count). The fourth-order valence-corrected chi connectivity index (χ4v) is 6.35. The summed E-state index contributed by atoms with van der Waals surface area (Å²) in [6.45, 7) is 6.11. The summed E-state index contributed by atoms with van der Waals surface area (Å²) in [5.74, 6) is 1.26. The zero-order valence-electron chi connectivity index (χ0n) is 19.8. The fourth-order valence-electron chi connectivity index (χ4n) is 5.33. The number of ketones is 1. The van der Waals surface area contributed by atoms with E-state index < -0.39 is 0 Å². The van der Waals surface area contributed by atoms with Gasteiger partial charge in [0.25, 0.3) is 0 Å². The van der Waals surface area contributed by atoms with Crippen molar-refractivity contribution in [2.75, 3.05) is 0 Å². The Kier molecular flexibility index (Phi) is 13.4. The number of carbonyl (C=O) groups excluding carboxylic acids is 1. The van der Waals surface area contributed by atoms with Gasteiger partial charge < -0.3 is 4.74 Å². The minimum absolute atomic E-state index is 0.153. The molecule has 0 aromatic carbocycles. The number of rotatable bonds is 17. The van der Waals surface area contributed by atoms with Crippen molar-refractivity contribution in [3.63, 3.8) is 0 Å². The molecule has 1 saturated carbocycles. The summed E-state index contributed by atoms with van der Waals surface area (Å²) in [4.78, 5) is 13.3. The average Bonchev–Trinajstić information content (AvgIpc) is 2.80. The molecule has 2 aliphatic heterocycles. The topological polar surface area (TPSA) is 50.1 Å². The average molecular weight is 495 g/mol. The molecule has 2 bridgehead atoms. The summed E-state index contributed by atoms with van der Waals surface area (Å²) >= 11 is 3.86. The van der Waals surface area contributed by atoms with Crippen molar-refractivity contribution in [1.82, 2.24) is 0 Å². The Bertz CT molecular complexity index is 546. The number of unbranched alkanes of at least 4 members (excludes halogenated alkanes) is 7. The molecule has 5 unspecified atom stereocenters. The maximum atomic E-state index is 12.8. The van der Waals surface area contributed by atoms with Gasteiger partial charge >= 0.3 is 0 Å². The predicted molar refractivity (Wildman–Crippen MR) is 131 cm³/mol. The van der Waals surface area contributed by atoms with Crippen LogP contribution in [0, 0.1) is 42.1 Å². The lowest BCUT2D eigenvalue weighted by atomic mass is 9.71. The Hall–Kier alpha value is -0.400. The Balaban J connectivity index is 1.59. The first-order valence-corrected chi connectivity index (χ1v) is 13.9. The predicted octanol–water partition coefficient (Wildman–Crippen LogP) is 8.12. The second-order valence-electron chi connectivity index (χ2n) is 9.76. The molecule has 1 aliphatic carbocycles. The lowest BCUT2D eigenvalue weighted by Gasteiger charge is -2.47. The molecule has 2 saturated heterocycles. The van der Waals surface area contributed by atoms with Crippen LogP contribution in [0.1, 0.15) is 116 Å². The normalized spacial score (nSPS) is 25.3. The first-order chi connectivity index (χ1) is 15.1. The highest BCUT2D eigenvalue weighted by atomic mass is 79.9. The number of ether oxygens (including phenoxy) is 1. The highest BCUT2D eigenvalue weighted by molar-refractivity contribution is 9.09. The van der Waals surface area contributed by atoms with Gasteiger partial charge in [-0.3, -0.25) is 4.79 Å². The van der Waals surface area contributed by atoms with Crippen LogP contribution in [0.15, 0.2) is 0 Å². The Morgan fingerprint density at radius 1 is 1.10 bits per heavy atom. The van der Waals surface area contributed by atoms with Crippen LogP contribution in [-0.2, 0) is 9.53 Å². The number of fused-ring (bicyclic) bond motifs is 3. The first kappa shape index (κ1) is 26.8. The van der Waals surface area contributed by atoms with E-state index in [1.54, 1.807) is 0 Å². The zero-order valence-corrected chi connectivity index (χ0v) is 21.3. The summed E-state index contributed by atoms with van der Waals surface area (Å²) in [5, 5.41) is 9.44. The van der Waals surface area contributed by atoms with E-state index in [2.05, 4.69) is 35.8 Å². The highest BCUT2D eigenvalue weighted by Gasteiger charge is 2.47. The minimum Gasteiger partial charge on any atom is -0.360 e. The van der Waals surface area contributed by atoms with E-state index in [9.17, 15) is 10.1 Å². The third-order valence-corrected chi connectivity index (χ3v) is 8.37. The zero-order chi connectivity index (χ0) is 22.5. The smallest absolute Gasteiger partial charge is 0.168 e. The molecule has 0 aromatic rings. The summed E-state index contributed by atoms with van der Waals surface area (Å²) in [6, 6.07) is 2.48. The molecule has 0 aromatic heterocycles. The van der Waals surface area contributed by atoms with Crippen molar-refractivity contribution in [2.45, 2.75) is 127 Å². The number of hydrogen-bond donors (Lipinski definition) is 0. The van der Waals surface area contributed by atoms with Crippen LogP contribution in [0.4, 0.5) is 0 Å². The molecule has 3 nitrogen and oxygen atoms in total. The van der Waals surface area contributed by atoms with Gasteiger partial charge in [-0.2, -0.15) is 5.26 Å². The van der Waals surface area contributed by atoms with Gasteiger partial charge in [0.05, 0.1) is 12.2 Å². The fraction of sp³-hybridized carbons (Fsp3) is 0.852. The Labute approximate surface area is 200 Å². The maximum absolute atomic E-state index is 12.8. The van der Waals surface area contributed by atoms with Gasteiger partial charge in [0.15, 0.2) is 11.9 Å². The third-order valence-electron chi connectivity index (χ3n) is 7.23. The first-order valence-electron chi connectivity index (χ1n) is 13.0. The van der Waals surface area contributed by atoms with Crippen LogP contribution in [0.3, 0.4) is 0 Å². The van der Waals surface area contributed by atoms with Gasteiger partial charge in [-0.05, 0) is 56.8 Å². The summed E-state index contributed by atoms with van der Waals surface area (Å²) in [6.07, 6.45) is 19.6. The molecule has 0 spiro atoms. The second-order valence-corrected chi connectivity index (χ2v) is 10.9. The lowest BCUT2D eigenvalue weighted by Crippen LogP contribution is -2.47. The quantitative estimate of drug-likeness (QED) is 0.152. The molecule has 2 radical (unpaired) electrons. The standard InChI is InChI=1S/C27H44BrNO2/c1-3-5-6-7-8-9-10-14-21(20-29)15-11-12-16-25(30)27-22-17-18-26(31-27)23(19-22)24(28)13-4-2/h21-24,26H,1,3-19H2,2H3. The van der Waals surface area contributed by atoms with Gasteiger partial charge in [-0.15, -0.1) is 0 Å². The molecule has 3 fully saturated rings. The number of halogens is 1. The van der Waals surface area contributed by atoms with Crippen LogP contribution >= 0.6 is 15.9 Å². The molecule has 2 heterocycles. The van der Waals surface area contributed by atoms with Crippen LogP contribution in [-0.4, -0.2) is 16.7 Å². The third kappa shape index (κ3) is 9.17. The van der Waals surface area contributed by atoms with E-state index in [0.717, 1.165) is 63.9 Å². The van der Waals surface area contributed by atoms with Gasteiger partial charge in [0, 0.05) is 17.2 Å². The number of alkyl halides is 1. The Morgan fingerprint density at radius 3 is 2.39 bits per heavy atom. The van der Waals surface area contributed by atoms with Crippen molar-refractivity contribution in [3.8, 4) is 6.07 Å². The Morgan fingerprint density at radius 2 is 1.77 bits per heavy atom. The lowest BCUT2D eigenvalue weighted by molar-refractivity contribution is -0.142. The van der Waals surface area contributed by atoms with Crippen LogP contribution in [0.25, 0.3) is 0 Å². The summed E-state index contributed by atoms with van der Waals surface area (Å²) < 4.78 is 6.21. The molecule has 176 valence electrons. The van der Waals surface area contributed by atoms with Gasteiger partial charge in [-0.25, -0.2) is 0 Å². The number of hydrogen-bond acceptors (Lipinski definition) is 3. The number of Topliss-reactive ketones (excluding diaryl/α,β-unsaturated/α-hetero) is 1. The van der Waals surface area contributed by atoms with Crippen LogP contribution < -0.4 is 0 Å². The molecular formula is C27H44BrNO2. The van der Waals surface area contributed by atoms with E-state index >= 15 is 0 Å². The van der Waals surface area contributed by atoms with Crippen molar-refractivity contribution >= 4 is 21.7 Å². The largest absolute Gasteiger partial charge is 0.360 e. The van der Waals surface area contributed by atoms with Crippen LogP contribution in [0.2, 0.25) is 0 Å². The molecule has 0 N–H and O–H groups in total. The molecular weight excluding hydrogens is 450 g/mol. The van der Waals surface area contributed by atoms with E-state index in [0.29, 0.717) is 23.1 Å². The molecule has 3 aliphatic rings. The van der Waals surface area contributed by atoms with E-state index in [1.807, 2.05) is 0 Å². The van der Waals surface area contributed by atoms with Crippen LogP contribution in [0.5, 0.6) is 0 Å². The summed E-state index contributed by atoms with van der Waals surface area (Å²) in [7, 11) is 0. The van der Waals surface area contributed by atoms with E-state index in [1.165, 1.54) is 44.9 Å².